The van der Waals surface area contributed by atoms with E-state index in [9.17, 15) is 9.59 Å². The Morgan fingerprint density at radius 3 is 2.40 bits per heavy atom. The molecule has 1 saturated heterocycles. The summed E-state index contributed by atoms with van der Waals surface area (Å²) in [6, 6.07) is 15.6. The van der Waals surface area contributed by atoms with Crippen molar-refractivity contribution >= 4 is 11.9 Å². The molecule has 0 aliphatic carbocycles. The number of carbonyl (C=O) groups is 2. The molecule has 35 heavy (non-hydrogen) atoms. The van der Waals surface area contributed by atoms with Crippen LogP contribution in [0.1, 0.15) is 58.6 Å². The Labute approximate surface area is 209 Å². The molecule has 1 radical (unpaired) electrons. The molecule has 0 N–H and O–H groups in total. The summed E-state index contributed by atoms with van der Waals surface area (Å²) >= 11 is 0. The van der Waals surface area contributed by atoms with Crippen molar-refractivity contribution < 1.29 is 23.8 Å². The lowest BCUT2D eigenvalue weighted by atomic mass is 9.74. The minimum atomic E-state index is -0.856. The molecule has 6 nitrogen and oxygen atoms in total. The van der Waals surface area contributed by atoms with Gasteiger partial charge in [-0.15, -0.1) is 0 Å². The van der Waals surface area contributed by atoms with Crippen molar-refractivity contribution in [1.82, 2.24) is 4.90 Å². The second kappa shape index (κ2) is 10.7. The minimum Gasteiger partial charge on any atom is -0.493 e. The van der Waals surface area contributed by atoms with E-state index in [4.69, 9.17) is 14.2 Å². The highest BCUT2D eigenvalue weighted by atomic mass is 16.5. The van der Waals surface area contributed by atoms with Crippen molar-refractivity contribution in [3.63, 3.8) is 0 Å². The highest BCUT2D eigenvalue weighted by molar-refractivity contribution is 5.84. The number of methoxy groups -OCH3 is 1. The smallest absolute Gasteiger partial charge is 0.303 e. The summed E-state index contributed by atoms with van der Waals surface area (Å²) in [6.07, 6.45) is 1.65. The van der Waals surface area contributed by atoms with Gasteiger partial charge in [-0.1, -0.05) is 50.2 Å². The molecule has 1 amide bonds. The molecule has 2 aromatic rings. The summed E-state index contributed by atoms with van der Waals surface area (Å²) in [5, 5.41) is 0. The average Bonchev–Trinajstić information content (AvgIpc) is 3.15. The molecule has 3 rings (SSSR count). The van der Waals surface area contributed by atoms with Crippen molar-refractivity contribution in [2.75, 3.05) is 20.2 Å². The number of benzene rings is 2. The molecule has 1 aliphatic rings. The van der Waals surface area contributed by atoms with Gasteiger partial charge in [-0.25, -0.2) is 0 Å². The van der Waals surface area contributed by atoms with Crippen molar-refractivity contribution in [3.05, 3.63) is 66.1 Å². The summed E-state index contributed by atoms with van der Waals surface area (Å²) in [5.74, 6) is 0.787. The van der Waals surface area contributed by atoms with Gasteiger partial charge in [0.1, 0.15) is 5.60 Å². The predicted octanol–water partition coefficient (Wildman–Crippen LogP) is 5.20. The molecule has 6 heteroatoms. The van der Waals surface area contributed by atoms with E-state index in [2.05, 4.69) is 13.3 Å². The minimum absolute atomic E-state index is 0.0550. The first-order chi connectivity index (χ1) is 16.5. The second-order valence-electron chi connectivity index (χ2n) is 10.5. The van der Waals surface area contributed by atoms with E-state index < -0.39 is 12.1 Å². The molecule has 0 saturated carbocycles. The maximum atomic E-state index is 13.6. The lowest BCUT2D eigenvalue weighted by Gasteiger charge is -2.30. The van der Waals surface area contributed by atoms with Crippen LogP contribution < -0.4 is 9.47 Å². The zero-order valence-corrected chi connectivity index (χ0v) is 22.0. The lowest BCUT2D eigenvalue weighted by Crippen LogP contribution is -2.42. The molecule has 0 unspecified atom stereocenters. The largest absolute Gasteiger partial charge is 0.493 e. The van der Waals surface area contributed by atoms with Gasteiger partial charge in [-0.05, 0) is 55.9 Å². The summed E-state index contributed by atoms with van der Waals surface area (Å²) < 4.78 is 17.2. The first-order valence-electron chi connectivity index (χ1n) is 12.1. The SMILES string of the molecule is C[CH][C@]1(C)CN(C(=O)[C@H](Cc2ccccc2)OC(C)=O)C[C@H]1c1ccc(OC)c(OC(C)(C)C)c1. The normalized spacial score (nSPS) is 20.9. The molecule has 0 aromatic heterocycles. The molecule has 1 heterocycles. The molecule has 1 fully saturated rings. The van der Waals surface area contributed by atoms with E-state index in [0.29, 0.717) is 31.0 Å². The summed E-state index contributed by atoms with van der Waals surface area (Å²) in [6.45, 7) is 12.6. The second-order valence-corrected chi connectivity index (χ2v) is 10.5. The van der Waals surface area contributed by atoms with E-state index in [-0.39, 0.29) is 22.8 Å². The van der Waals surface area contributed by atoms with Crippen molar-refractivity contribution in [3.8, 4) is 11.5 Å². The van der Waals surface area contributed by atoms with E-state index in [0.717, 1.165) is 11.1 Å². The molecular formula is C29H38NO5. The Balaban J connectivity index is 1.89. The Bertz CT molecular complexity index is 1030. The number of hydrogen-bond acceptors (Lipinski definition) is 5. The van der Waals surface area contributed by atoms with Gasteiger partial charge < -0.3 is 19.1 Å². The fourth-order valence-corrected chi connectivity index (χ4v) is 4.69. The van der Waals surface area contributed by atoms with Gasteiger partial charge in [0, 0.05) is 32.4 Å². The standard InChI is InChI=1S/C29H38NO5/c1-8-29(6)19-30(27(32)26(34-20(2)31)16-21-12-10-9-11-13-21)18-23(29)22-14-15-24(33-7)25(17-22)35-28(3,4)5/h8-15,17,23,26H,16,18-19H2,1-7H3/t23-,26-,29+/m0/s1. The first kappa shape index (κ1) is 26.6. The van der Waals surface area contributed by atoms with Gasteiger partial charge in [-0.3, -0.25) is 9.59 Å². The number of amides is 1. The average molecular weight is 481 g/mol. The summed E-state index contributed by atoms with van der Waals surface area (Å²) in [5.41, 5.74) is 1.40. The van der Waals surface area contributed by atoms with Crippen LogP contribution in [-0.2, 0) is 20.7 Å². The maximum absolute atomic E-state index is 13.6. The topological polar surface area (TPSA) is 65.1 Å². The Morgan fingerprint density at radius 2 is 1.83 bits per heavy atom. The van der Waals surface area contributed by atoms with Crippen molar-refractivity contribution in [2.45, 2.75) is 65.6 Å². The molecule has 1 aliphatic heterocycles. The highest BCUT2D eigenvalue weighted by Crippen LogP contribution is 2.46. The van der Waals surface area contributed by atoms with Gasteiger partial charge in [0.15, 0.2) is 17.6 Å². The zero-order valence-electron chi connectivity index (χ0n) is 22.0. The number of ether oxygens (including phenoxy) is 3. The van der Waals surface area contributed by atoms with Crippen molar-refractivity contribution in [2.24, 2.45) is 5.41 Å². The monoisotopic (exact) mass is 480 g/mol. The van der Waals surface area contributed by atoms with Crippen LogP contribution >= 0.6 is 0 Å². The predicted molar refractivity (Wildman–Crippen MR) is 136 cm³/mol. The zero-order chi connectivity index (χ0) is 25.8. The van der Waals surface area contributed by atoms with Crippen LogP contribution in [0, 0.1) is 11.8 Å². The first-order valence-corrected chi connectivity index (χ1v) is 12.1. The molecule has 0 bridgehead atoms. The van der Waals surface area contributed by atoms with Crippen molar-refractivity contribution in [1.29, 1.82) is 0 Å². The van der Waals surface area contributed by atoms with Gasteiger partial charge >= 0.3 is 5.97 Å². The van der Waals surface area contributed by atoms with Crippen LogP contribution in [0.5, 0.6) is 11.5 Å². The number of carbonyl (C=O) groups excluding carboxylic acids is 2. The van der Waals surface area contributed by atoms with E-state index >= 15 is 0 Å². The van der Waals surface area contributed by atoms with Gasteiger partial charge in [0.2, 0.25) is 0 Å². The lowest BCUT2D eigenvalue weighted by molar-refractivity contribution is -0.158. The van der Waals surface area contributed by atoms with Crippen LogP contribution in [0.2, 0.25) is 0 Å². The summed E-state index contributed by atoms with van der Waals surface area (Å²) in [7, 11) is 1.63. The van der Waals surface area contributed by atoms with Gasteiger partial charge in [0.05, 0.1) is 7.11 Å². The van der Waals surface area contributed by atoms with Crippen LogP contribution in [0.15, 0.2) is 48.5 Å². The maximum Gasteiger partial charge on any atom is 0.303 e. The highest BCUT2D eigenvalue weighted by Gasteiger charge is 2.46. The van der Waals surface area contributed by atoms with E-state index in [1.54, 1.807) is 7.11 Å². The fourth-order valence-electron chi connectivity index (χ4n) is 4.69. The fraction of sp³-hybridized carbons (Fsp3) is 0.483. The van der Waals surface area contributed by atoms with Crippen LogP contribution in [0.25, 0.3) is 0 Å². The van der Waals surface area contributed by atoms with E-state index in [1.165, 1.54) is 6.92 Å². The Morgan fingerprint density at radius 1 is 1.14 bits per heavy atom. The summed E-state index contributed by atoms with van der Waals surface area (Å²) in [4.78, 5) is 27.3. The Kier molecular flexibility index (Phi) is 8.14. The van der Waals surface area contributed by atoms with Gasteiger partial charge in [0.25, 0.3) is 5.91 Å². The van der Waals surface area contributed by atoms with Crippen LogP contribution in [-0.4, -0.2) is 48.7 Å². The molecular weight excluding hydrogens is 442 g/mol. The Hall–Kier alpha value is -3.02. The van der Waals surface area contributed by atoms with Gasteiger partial charge in [-0.2, -0.15) is 0 Å². The quantitative estimate of drug-likeness (QED) is 0.486. The third-order valence-corrected chi connectivity index (χ3v) is 6.56. The molecule has 0 spiro atoms. The number of hydrogen-bond donors (Lipinski definition) is 0. The number of likely N-dealkylation sites (tertiary alicyclic amines) is 1. The molecule has 189 valence electrons. The van der Waals surface area contributed by atoms with Crippen LogP contribution in [0.3, 0.4) is 0 Å². The number of rotatable bonds is 8. The molecule has 2 aromatic carbocycles. The third-order valence-electron chi connectivity index (χ3n) is 6.56. The third kappa shape index (κ3) is 6.56. The number of nitrogens with zero attached hydrogens (tertiary/aromatic N) is 1. The van der Waals surface area contributed by atoms with E-state index in [1.807, 2.05) is 81.1 Å². The molecule has 3 atom stereocenters. The van der Waals surface area contributed by atoms with Crippen LogP contribution in [0.4, 0.5) is 0 Å². The number of esters is 1.